The number of nitrogens with two attached hydrogens (primary N) is 1. The third-order valence-corrected chi connectivity index (χ3v) is 3.89. The number of ether oxygens (including phenoxy) is 1. The largest absolute Gasteiger partial charge is 0.497 e. The minimum Gasteiger partial charge on any atom is -0.497 e. The molecule has 0 spiro atoms. The van der Waals surface area contributed by atoms with Crippen molar-refractivity contribution in [1.29, 1.82) is 0 Å². The number of benzene rings is 2. The highest BCUT2D eigenvalue weighted by Crippen LogP contribution is 2.36. The van der Waals surface area contributed by atoms with Gasteiger partial charge in [-0.1, -0.05) is 12.1 Å². The zero-order valence-electron chi connectivity index (χ0n) is 12.9. The zero-order chi connectivity index (χ0) is 17.3. The van der Waals surface area contributed by atoms with Gasteiger partial charge in [0.1, 0.15) is 11.6 Å². The van der Waals surface area contributed by atoms with Crippen molar-refractivity contribution in [1.82, 2.24) is 0 Å². The third kappa shape index (κ3) is 3.15. The quantitative estimate of drug-likeness (QED) is 0.924. The maximum absolute atomic E-state index is 12.7. The molecule has 3 rings (SSSR count). The van der Waals surface area contributed by atoms with E-state index in [0.717, 1.165) is 23.4 Å². The van der Waals surface area contributed by atoms with Crippen molar-refractivity contribution in [2.24, 2.45) is 10.8 Å². The summed E-state index contributed by atoms with van der Waals surface area (Å²) < 4.78 is 43.2. The van der Waals surface area contributed by atoms with Gasteiger partial charge in [-0.25, -0.2) is 0 Å². The topological polar surface area (TPSA) is 50.9 Å². The van der Waals surface area contributed by atoms with Gasteiger partial charge in [0.2, 0.25) is 0 Å². The Bertz CT molecular complexity index is 739. The fraction of sp³-hybridized carbons (Fsp3) is 0.235. The lowest BCUT2D eigenvalue weighted by molar-refractivity contribution is -0.137. The van der Waals surface area contributed by atoms with Gasteiger partial charge in [-0.15, -0.1) is 0 Å². The first-order valence-electron chi connectivity index (χ1n) is 7.32. The average Bonchev–Trinajstić information content (AvgIpc) is 2.96. The Morgan fingerprint density at radius 3 is 2.25 bits per heavy atom. The molecule has 0 fully saturated rings. The molecule has 4 nitrogen and oxygen atoms in total. The summed E-state index contributed by atoms with van der Waals surface area (Å²) in [4.78, 5) is 0. The molecule has 2 aromatic carbocycles. The van der Waals surface area contributed by atoms with Crippen LogP contribution in [0, 0.1) is 0 Å². The van der Waals surface area contributed by atoms with Crippen LogP contribution >= 0.6 is 0 Å². The molecule has 0 radical (unpaired) electrons. The smallest absolute Gasteiger partial charge is 0.416 e. The van der Waals surface area contributed by atoms with E-state index in [-0.39, 0.29) is 6.04 Å². The number of alkyl halides is 3. The summed E-state index contributed by atoms with van der Waals surface area (Å²) in [6.07, 6.45) is -3.85. The van der Waals surface area contributed by atoms with E-state index in [1.54, 1.807) is 12.1 Å². The summed E-state index contributed by atoms with van der Waals surface area (Å²) in [5, 5.41) is 5.92. The predicted octanol–water partition coefficient (Wildman–Crippen LogP) is 3.94. The summed E-state index contributed by atoms with van der Waals surface area (Å²) in [5.41, 5.74) is 6.68. The van der Waals surface area contributed by atoms with E-state index in [4.69, 9.17) is 10.5 Å². The van der Waals surface area contributed by atoms with Crippen molar-refractivity contribution in [3.8, 4) is 5.75 Å². The molecule has 1 heterocycles. The molecular formula is C17H16F3N3O. The van der Waals surface area contributed by atoms with Crippen molar-refractivity contribution < 1.29 is 17.9 Å². The van der Waals surface area contributed by atoms with Crippen molar-refractivity contribution in [2.75, 3.05) is 12.1 Å². The van der Waals surface area contributed by atoms with Crippen LogP contribution in [0.25, 0.3) is 0 Å². The van der Waals surface area contributed by atoms with Gasteiger partial charge in [-0.3, -0.25) is 5.01 Å². The molecular weight excluding hydrogens is 319 g/mol. The van der Waals surface area contributed by atoms with Crippen LogP contribution in [0.5, 0.6) is 5.75 Å². The molecule has 2 aromatic rings. The van der Waals surface area contributed by atoms with Gasteiger partial charge in [0.25, 0.3) is 0 Å². The van der Waals surface area contributed by atoms with Crippen molar-refractivity contribution in [2.45, 2.75) is 18.6 Å². The van der Waals surface area contributed by atoms with E-state index in [0.29, 0.717) is 17.9 Å². The maximum Gasteiger partial charge on any atom is 0.416 e. The molecule has 0 saturated carbocycles. The van der Waals surface area contributed by atoms with Crippen molar-refractivity contribution in [3.05, 3.63) is 59.7 Å². The molecule has 126 valence electrons. The van der Waals surface area contributed by atoms with Crippen LogP contribution in [0.2, 0.25) is 0 Å². The van der Waals surface area contributed by atoms with Crippen molar-refractivity contribution in [3.63, 3.8) is 0 Å². The number of amidine groups is 1. The van der Waals surface area contributed by atoms with Crippen LogP contribution in [0.3, 0.4) is 0 Å². The number of nitrogens with zero attached hydrogens (tertiary/aromatic N) is 2. The summed E-state index contributed by atoms with van der Waals surface area (Å²) in [6.45, 7) is 0. The number of methoxy groups -OCH3 is 1. The normalized spacial score (nSPS) is 17.8. The summed E-state index contributed by atoms with van der Waals surface area (Å²) in [6, 6.07) is 12.2. The lowest BCUT2D eigenvalue weighted by Crippen LogP contribution is -2.18. The highest BCUT2D eigenvalue weighted by molar-refractivity contribution is 5.85. The van der Waals surface area contributed by atoms with Crippen LogP contribution in [-0.4, -0.2) is 12.9 Å². The molecule has 0 aliphatic carbocycles. The van der Waals surface area contributed by atoms with Gasteiger partial charge < -0.3 is 10.5 Å². The van der Waals surface area contributed by atoms with E-state index in [1.807, 2.05) is 24.3 Å². The lowest BCUT2D eigenvalue weighted by Gasteiger charge is -2.24. The SMILES string of the molecule is COc1ccc([C@@H]2CC(N)=NN2c2ccc(C(F)(F)F)cc2)cc1. The van der Waals surface area contributed by atoms with E-state index in [9.17, 15) is 13.2 Å². The number of anilines is 1. The summed E-state index contributed by atoms with van der Waals surface area (Å²) >= 11 is 0. The van der Waals surface area contributed by atoms with Crippen LogP contribution in [0.15, 0.2) is 53.6 Å². The highest BCUT2D eigenvalue weighted by atomic mass is 19.4. The van der Waals surface area contributed by atoms with Gasteiger partial charge in [0.15, 0.2) is 0 Å². The first kappa shape index (κ1) is 16.2. The second-order valence-corrected chi connectivity index (χ2v) is 5.47. The monoisotopic (exact) mass is 335 g/mol. The maximum atomic E-state index is 12.7. The molecule has 2 N–H and O–H groups in total. The minimum absolute atomic E-state index is 0.160. The number of hydrogen-bond acceptors (Lipinski definition) is 4. The Morgan fingerprint density at radius 2 is 1.71 bits per heavy atom. The first-order valence-corrected chi connectivity index (χ1v) is 7.32. The molecule has 0 amide bonds. The van der Waals surface area contributed by atoms with E-state index in [1.165, 1.54) is 12.1 Å². The zero-order valence-corrected chi connectivity index (χ0v) is 12.9. The van der Waals surface area contributed by atoms with Crippen LogP contribution in [0.4, 0.5) is 18.9 Å². The molecule has 24 heavy (non-hydrogen) atoms. The third-order valence-electron chi connectivity index (χ3n) is 3.89. The Labute approximate surface area is 137 Å². The Balaban J connectivity index is 1.89. The number of hydrogen-bond donors (Lipinski definition) is 1. The number of halogens is 3. The molecule has 1 atom stereocenters. The highest BCUT2D eigenvalue weighted by Gasteiger charge is 2.32. The molecule has 1 aliphatic rings. The average molecular weight is 335 g/mol. The lowest BCUT2D eigenvalue weighted by atomic mass is 10.0. The Kier molecular flexibility index (Phi) is 4.09. The molecule has 1 aliphatic heterocycles. The van der Waals surface area contributed by atoms with Gasteiger partial charge in [0.05, 0.1) is 24.4 Å². The summed E-state index contributed by atoms with van der Waals surface area (Å²) in [5.74, 6) is 1.17. The standard InChI is InChI=1S/C17H16F3N3O/c1-24-14-8-2-11(3-9-14)15-10-16(21)22-23(15)13-6-4-12(5-7-13)17(18,19)20/h2-9,15H,10H2,1H3,(H2,21,22)/t15-/m0/s1. The molecule has 0 aromatic heterocycles. The van der Waals surface area contributed by atoms with Crippen molar-refractivity contribution >= 4 is 11.5 Å². The van der Waals surface area contributed by atoms with Crippen LogP contribution < -0.4 is 15.5 Å². The van der Waals surface area contributed by atoms with E-state index in [2.05, 4.69) is 5.10 Å². The molecule has 7 heteroatoms. The van der Waals surface area contributed by atoms with E-state index >= 15 is 0 Å². The Hall–Kier alpha value is -2.70. The Morgan fingerprint density at radius 1 is 1.08 bits per heavy atom. The fourth-order valence-electron chi connectivity index (χ4n) is 2.66. The van der Waals surface area contributed by atoms with E-state index < -0.39 is 11.7 Å². The number of hydrazone groups is 1. The molecule has 0 saturated heterocycles. The minimum atomic E-state index is -4.36. The number of rotatable bonds is 3. The van der Waals surface area contributed by atoms with Crippen LogP contribution in [-0.2, 0) is 6.18 Å². The second kappa shape index (κ2) is 6.07. The van der Waals surface area contributed by atoms with Gasteiger partial charge in [-0.05, 0) is 42.0 Å². The first-order chi connectivity index (χ1) is 11.4. The fourth-order valence-corrected chi connectivity index (χ4v) is 2.66. The predicted molar refractivity (Wildman–Crippen MR) is 85.9 cm³/mol. The van der Waals surface area contributed by atoms with Gasteiger partial charge in [-0.2, -0.15) is 18.3 Å². The second-order valence-electron chi connectivity index (χ2n) is 5.47. The van der Waals surface area contributed by atoms with Gasteiger partial charge in [0, 0.05) is 6.42 Å². The summed E-state index contributed by atoms with van der Waals surface area (Å²) in [7, 11) is 1.58. The van der Waals surface area contributed by atoms with Crippen LogP contribution in [0.1, 0.15) is 23.6 Å². The van der Waals surface area contributed by atoms with Gasteiger partial charge >= 0.3 is 6.18 Å². The molecule has 0 unspecified atom stereocenters. The molecule has 0 bridgehead atoms.